The SMILES string of the molecule is N.NCCCC[C@H](NC(=O)OCc1ccccc1)C(=O)O. The predicted molar refractivity (Wildman–Crippen MR) is 79.1 cm³/mol. The second-order valence-electron chi connectivity index (χ2n) is 4.38. The van der Waals surface area contributed by atoms with Gasteiger partial charge in [0.1, 0.15) is 12.6 Å². The Hall–Kier alpha value is -2.12. The van der Waals surface area contributed by atoms with Crippen LogP contribution in [0.5, 0.6) is 0 Å². The van der Waals surface area contributed by atoms with E-state index in [1.807, 2.05) is 30.3 Å². The van der Waals surface area contributed by atoms with E-state index in [9.17, 15) is 9.59 Å². The fourth-order valence-electron chi connectivity index (χ4n) is 1.66. The first kappa shape index (κ1) is 18.9. The van der Waals surface area contributed by atoms with E-state index in [2.05, 4.69) is 5.32 Å². The number of nitrogens with two attached hydrogens (primary N) is 1. The van der Waals surface area contributed by atoms with Gasteiger partial charge in [-0.3, -0.25) is 0 Å². The molecule has 0 aliphatic carbocycles. The van der Waals surface area contributed by atoms with Crippen molar-refractivity contribution in [3.05, 3.63) is 35.9 Å². The maximum Gasteiger partial charge on any atom is 0.408 e. The van der Waals surface area contributed by atoms with E-state index in [0.717, 1.165) is 12.0 Å². The number of amides is 1. The smallest absolute Gasteiger partial charge is 0.408 e. The second-order valence-corrected chi connectivity index (χ2v) is 4.38. The van der Waals surface area contributed by atoms with Gasteiger partial charge in [-0.15, -0.1) is 0 Å². The summed E-state index contributed by atoms with van der Waals surface area (Å²) in [5, 5.41) is 11.3. The topological polar surface area (TPSA) is 137 Å². The third kappa shape index (κ3) is 7.91. The molecule has 0 fully saturated rings. The minimum absolute atomic E-state index is 0. The van der Waals surface area contributed by atoms with Gasteiger partial charge in [-0.05, 0) is 31.4 Å². The Morgan fingerprint density at radius 2 is 1.90 bits per heavy atom. The van der Waals surface area contributed by atoms with E-state index >= 15 is 0 Å². The third-order valence-electron chi connectivity index (χ3n) is 2.75. The number of hydrogen-bond donors (Lipinski definition) is 4. The van der Waals surface area contributed by atoms with Crippen molar-refractivity contribution in [3.63, 3.8) is 0 Å². The molecule has 1 amide bonds. The van der Waals surface area contributed by atoms with Crippen LogP contribution in [0, 0.1) is 0 Å². The van der Waals surface area contributed by atoms with Gasteiger partial charge >= 0.3 is 12.1 Å². The summed E-state index contributed by atoms with van der Waals surface area (Å²) >= 11 is 0. The number of carboxylic acids is 1. The molecule has 21 heavy (non-hydrogen) atoms. The first-order valence-electron chi connectivity index (χ1n) is 6.53. The molecule has 1 aromatic carbocycles. The molecular formula is C14H23N3O4. The lowest BCUT2D eigenvalue weighted by Gasteiger charge is -2.14. The van der Waals surface area contributed by atoms with Crippen LogP contribution in [-0.4, -0.2) is 29.8 Å². The number of alkyl carbamates (subject to hydrolysis) is 1. The zero-order valence-electron chi connectivity index (χ0n) is 12.0. The lowest BCUT2D eigenvalue weighted by Crippen LogP contribution is -2.41. The summed E-state index contributed by atoms with van der Waals surface area (Å²) in [5.41, 5.74) is 6.19. The Labute approximate surface area is 124 Å². The first-order valence-corrected chi connectivity index (χ1v) is 6.53. The number of carboxylic acid groups (broad SMARTS) is 1. The van der Waals surface area contributed by atoms with Gasteiger partial charge in [0, 0.05) is 0 Å². The number of nitrogens with one attached hydrogen (secondary N) is 1. The number of carbonyl (C=O) groups excluding carboxylic acids is 1. The van der Waals surface area contributed by atoms with Crippen LogP contribution >= 0.6 is 0 Å². The standard InChI is InChI=1S/C14H20N2O4.H3N/c15-9-5-4-8-12(13(17)18)16-14(19)20-10-11-6-2-1-3-7-11;/h1-3,6-7,12H,4-5,8-10,15H2,(H,16,19)(H,17,18);1H3/t12-;/m0./s1. The third-order valence-corrected chi connectivity index (χ3v) is 2.75. The van der Waals surface area contributed by atoms with Crippen LogP contribution in [0.25, 0.3) is 0 Å². The van der Waals surface area contributed by atoms with Crippen molar-refractivity contribution in [2.75, 3.05) is 6.54 Å². The Morgan fingerprint density at radius 3 is 2.48 bits per heavy atom. The highest BCUT2D eigenvalue weighted by Gasteiger charge is 2.19. The minimum Gasteiger partial charge on any atom is -0.480 e. The molecule has 1 aromatic rings. The highest BCUT2D eigenvalue weighted by atomic mass is 16.5. The average molecular weight is 297 g/mol. The van der Waals surface area contributed by atoms with Crippen LogP contribution < -0.4 is 17.2 Å². The number of hydrogen-bond acceptors (Lipinski definition) is 5. The zero-order chi connectivity index (χ0) is 14.8. The molecule has 0 unspecified atom stereocenters. The number of carbonyl (C=O) groups is 2. The Morgan fingerprint density at radius 1 is 1.24 bits per heavy atom. The maximum atomic E-state index is 11.5. The molecule has 0 aliphatic heterocycles. The Balaban J connectivity index is 0.00000400. The molecule has 0 radical (unpaired) electrons. The van der Waals surface area contributed by atoms with Gasteiger partial charge < -0.3 is 27.0 Å². The highest BCUT2D eigenvalue weighted by Crippen LogP contribution is 2.03. The monoisotopic (exact) mass is 297 g/mol. The van der Waals surface area contributed by atoms with Gasteiger partial charge in [0.25, 0.3) is 0 Å². The van der Waals surface area contributed by atoms with Crippen LogP contribution in [0.15, 0.2) is 30.3 Å². The summed E-state index contributed by atoms with van der Waals surface area (Å²) in [5.74, 6) is -1.07. The van der Waals surface area contributed by atoms with E-state index in [4.69, 9.17) is 15.6 Å². The number of aliphatic carboxylic acids is 1. The van der Waals surface area contributed by atoms with Gasteiger partial charge in [-0.25, -0.2) is 9.59 Å². The van der Waals surface area contributed by atoms with Crippen molar-refractivity contribution >= 4 is 12.1 Å². The predicted octanol–water partition coefficient (Wildman–Crippen LogP) is 1.66. The normalized spacial score (nSPS) is 11.1. The van der Waals surface area contributed by atoms with Gasteiger partial charge in [0.05, 0.1) is 0 Å². The van der Waals surface area contributed by atoms with Crippen molar-refractivity contribution < 1.29 is 19.4 Å². The number of benzene rings is 1. The van der Waals surface area contributed by atoms with E-state index in [1.165, 1.54) is 0 Å². The summed E-state index contributed by atoms with van der Waals surface area (Å²) in [6, 6.07) is 8.24. The summed E-state index contributed by atoms with van der Waals surface area (Å²) in [7, 11) is 0. The molecule has 0 saturated carbocycles. The van der Waals surface area contributed by atoms with Crippen molar-refractivity contribution in [1.82, 2.24) is 11.5 Å². The fraction of sp³-hybridized carbons (Fsp3) is 0.429. The maximum absolute atomic E-state index is 11.5. The molecule has 0 heterocycles. The lowest BCUT2D eigenvalue weighted by molar-refractivity contribution is -0.139. The van der Waals surface area contributed by atoms with E-state index in [1.54, 1.807) is 0 Å². The molecule has 0 spiro atoms. The lowest BCUT2D eigenvalue weighted by atomic mass is 10.1. The van der Waals surface area contributed by atoms with Crippen molar-refractivity contribution in [2.45, 2.75) is 31.9 Å². The largest absolute Gasteiger partial charge is 0.480 e. The molecule has 118 valence electrons. The quantitative estimate of drug-likeness (QED) is 0.538. The fourth-order valence-corrected chi connectivity index (χ4v) is 1.66. The summed E-state index contributed by atoms with van der Waals surface area (Å²) in [6.45, 7) is 0.618. The molecule has 7 N–H and O–H groups in total. The highest BCUT2D eigenvalue weighted by molar-refractivity contribution is 5.79. The van der Waals surface area contributed by atoms with Crippen LogP contribution in [0.2, 0.25) is 0 Å². The summed E-state index contributed by atoms with van der Waals surface area (Å²) < 4.78 is 4.98. The molecule has 1 rings (SSSR count). The average Bonchev–Trinajstić information content (AvgIpc) is 2.45. The molecule has 0 bridgehead atoms. The van der Waals surface area contributed by atoms with Crippen LogP contribution in [0.1, 0.15) is 24.8 Å². The summed E-state index contributed by atoms with van der Waals surface area (Å²) in [6.07, 6.45) is 0.984. The van der Waals surface area contributed by atoms with E-state index < -0.39 is 18.1 Å². The number of rotatable bonds is 8. The second kappa shape index (κ2) is 10.6. The molecular weight excluding hydrogens is 274 g/mol. The van der Waals surface area contributed by atoms with Gasteiger partial charge in [-0.1, -0.05) is 30.3 Å². The van der Waals surface area contributed by atoms with Crippen molar-refractivity contribution in [2.24, 2.45) is 5.73 Å². The van der Waals surface area contributed by atoms with Gasteiger partial charge in [0.2, 0.25) is 0 Å². The van der Waals surface area contributed by atoms with Crippen LogP contribution in [-0.2, 0) is 16.1 Å². The zero-order valence-corrected chi connectivity index (χ0v) is 12.0. The van der Waals surface area contributed by atoms with Crippen LogP contribution in [0.4, 0.5) is 4.79 Å². The summed E-state index contributed by atoms with van der Waals surface area (Å²) in [4.78, 5) is 22.5. The van der Waals surface area contributed by atoms with E-state index in [-0.39, 0.29) is 12.8 Å². The molecule has 7 heteroatoms. The van der Waals surface area contributed by atoms with Crippen molar-refractivity contribution in [1.29, 1.82) is 0 Å². The van der Waals surface area contributed by atoms with Crippen LogP contribution in [0.3, 0.4) is 0 Å². The number of ether oxygens (including phenoxy) is 1. The van der Waals surface area contributed by atoms with E-state index in [0.29, 0.717) is 19.4 Å². The Kier molecular flexibility index (Phi) is 9.57. The van der Waals surface area contributed by atoms with Gasteiger partial charge in [-0.2, -0.15) is 0 Å². The van der Waals surface area contributed by atoms with Gasteiger partial charge in [0.15, 0.2) is 0 Å². The molecule has 0 aromatic heterocycles. The first-order chi connectivity index (χ1) is 9.63. The molecule has 0 aliphatic rings. The Bertz CT molecular complexity index is 425. The molecule has 7 nitrogen and oxygen atoms in total. The molecule has 0 saturated heterocycles. The minimum atomic E-state index is -1.07. The number of unbranched alkanes of at least 4 members (excludes halogenated alkanes) is 1. The molecule has 1 atom stereocenters. The van der Waals surface area contributed by atoms with Crippen molar-refractivity contribution in [3.8, 4) is 0 Å².